The van der Waals surface area contributed by atoms with E-state index < -0.39 is 16.6 Å². The Hall–Kier alpha value is -3.33. The first-order valence-electron chi connectivity index (χ1n) is 15.3. The van der Waals surface area contributed by atoms with Gasteiger partial charge in [-0.2, -0.15) is 0 Å². The molecule has 0 saturated heterocycles. The van der Waals surface area contributed by atoms with E-state index in [1.54, 1.807) is 0 Å². The van der Waals surface area contributed by atoms with Crippen molar-refractivity contribution in [2.24, 2.45) is 0 Å². The maximum absolute atomic E-state index is 8.16. The largest absolute Gasteiger partial charge is 0.442 e. The molecule has 0 radical (unpaired) electrons. The number of hydrogen-bond acceptors (Lipinski definition) is 3. The van der Waals surface area contributed by atoms with Gasteiger partial charge in [-0.05, 0) is 59.5 Å². The molecule has 0 aliphatic carbocycles. The molecule has 0 unspecified atom stereocenters. The highest BCUT2D eigenvalue weighted by atomic mass is 28.4. The Labute approximate surface area is 261 Å². The molecular formula is C38H46O3Si2. The molecule has 4 aromatic rings. The van der Waals surface area contributed by atoms with E-state index in [4.69, 9.17) is 13.6 Å². The summed E-state index contributed by atoms with van der Waals surface area (Å²) in [5, 5.41) is 5.11. The van der Waals surface area contributed by atoms with Crippen LogP contribution in [0.15, 0.2) is 146 Å². The van der Waals surface area contributed by atoms with E-state index in [-0.39, 0.29) is 0 Å². The molecule has 3 nitrogen and oxygen atoms in total. The van der Waals surface area contributed by atoms with E-state index in [1.165, 1.54) is 20.7 Å². The van der Waals surface area contributed by atoms with E-state index in [0.717, 1.165) is 36.1 Å². The molecule has 0 atom stereocenters. The lowest BCUT2D eigenvalue weighted by Crippen LogP contribution is -2.75. The van der Waals surface area contributed by atoms with Crippen LogP contribution in [0.1, 0.15) is 26.7 Å². The standard InChI is InChI=1S/C38H46O3Si2/c1-33(2)31-39-27-17-29-42(35-19-9-5-10-20-35,30-18-28-40-32-34(3)4)41-43(36-21-11-6-12-22-36,37-23-13-7-14-24-37)38-25-15-8-16-26-38/h5-16,19-26H,1,3,17-18,27-32H2,2,4H3. The van der Waals surface area contributed by atoms with Crippen LogP contribution in [-0.4, -0.2) is 43.1 Å². The highest BCUT2D eigenvalue weighted by molar-refractivity contribution is 7.12. The summed E-state index contributed by atoms with van der Waals surface area (Å²) in [5.74, 6) is 0. The summed E-state index contributed by atoms with van der Waals surface area (Å²) in [6.07, 6.45) is 1.84. The monoisotopic (exact) mass is 606 g/mol. The molecule has 0 spiro atoms. The first-order valence-corrected chi connectivity index (χ1v) is 19.6. The summed E-state index contributed by atoms with van der Waals surface area (Å²) in [5.41, 5.74) is 2.09. The number of ether oxygens (including phenoxy) is 2. The zero-order chi connectivity index (χ0) is 30.4. The maximum atomic E-state index is 8.16. The van der Waals surface area contributed by atoms with Crippen LogP contribution < -0.4 is 20.7 Å². The zero-order valence-electron chi connectivity index (χ0n) is 25.8. The minimum atomic E-state index is -2.96. The number of rotatable bonds is 18. The van der Waals surface area contributed by atoms with Crippen molar-refractivity contribution in [3.05, 3.63) is 146 Å². The molecule has 224 valence electrons. The van der Waals surface area contributed by atoms with Crippen LogP contribution in [0, 0.1) is 0 Å². The second-order valence-electron chi connectivity index (χ2n) is 11.5. The van der Waals surface area contributed by atoms with Crippen LogP contribution in [0.2, 0.25) is 12.1 Å². The van der Waals surface area contributed by atoms with E-state index in [2.05, 4.69) is 134 Å². The first-order chi connectivity index (χ1) is 21.0. The molecule has 0 bridgehead atoms. The summed E-state index contributed by atoms with van der Waals surface area (Å²) in [7, 11) is -5.62. The first kappa shape index (κ1) is 32.6. The van der Waals surface area contributed by atoms with Gasteiger partial charge in [-0.3, -0.25) is 0 Å². The Morgan fingerprint density at radius 1 is 0.512 bits per heavy atom. The van der Waals surface area contributed by atoms with Crippen molar-refractivity contribution in [1.82, 2.24) is 0 Å². The lowest BCUT2D eigenvalue weighted by molar-refractivity contribution is 0.154. The summed E-state index contributed by atoms with van der Waals surface area (Å²) in [6, 6.07) is 45.7. The van der Waals surface area contributed by atoms with Crippen molar-refractivity contribution in [3.8, 4) is 0 Å². The van der Waals surface area contributed by atoms with Crippen molar-refractivity contribution < 1.29 is 13.6 Å². The average Bonchev–Trinajstić information content (AvgIpc) is 3.04. The van der Waals surface area contributed by atoms with Gasteiger partial charge in [0, 0.05) is 13.2 Å². The van der Waals surface area contributed by atoms with Gasteiger partial charge in [0.15, 0.2) is 0 Å². The van der Waals surface area contributed by atoms with Gasteiger partial charge in [0.1, 0.15) is 0 Å². The fourth-order valence-corrected chi connectivity index (χ4v) is 16.8. The highest BCUT2D eigenvalue weighted by Crippen LogP contribution is 2.27. The zero-order valence-corrected chi connectivity index (χ0v) is 27.8. The van der Waals surface area contributed by atoms with Gasteiger partial charge in [0.05, 0.1) is 13.2 Å². The molecule has 0 aliphatic rings. The van der Waals surface area contributed by atoms with Gasteiger partial charge in [-0.15, -0.1) is 0 Å². The summed E-state index contributed by atoms with van der Waals surface area (Å²) in [6.45, 7) is 14.6. The van der Waals surface area contributed by atoms with Gasteiger partial charge in [0.25, 0.3) is 8.32 Å². The molecule has 5 heteroatoms. The Morgan fingerprint density at radius 3 is 1.16 bits per heavy atom. The van der Waals surface area contributed by atoms with Gasteiger partial charge in [-0.25, -0.2) is 0 Å². The second kappa shape index (κ2) is 16.5. The molecule has 0 aromatic heterocycles. The summed E-state index contributed by atoms with van der Waals surface area (Å²) < 4.78 is 20.2. The quantitative estimate of drug-likeness (QED) is 0.0561. The molecule has 4 aromatic carbocycles. The van der Waals surface area contributed by atoms with E-state index in [9.17, 15) is 0 Å². The third kappa shape index (κ3) is 8.85. The van der Waals surface area contributed by atoms with Crippen LogP contribution >= 0.6 is 0 Å². The topological polar surface area (TPSA) is 27.7 Å². The predicted octanol–water partition coefficient (Wildman–Crippen LogP) is 6.49. The lowest BCUT2D eigenvalue weighted by Gasteiger charge is -2.44. The molecule has 0 fully saturated rings. The summed E-state index contributed by atoms with van der Waals surface area (Å²) in [4.78, 5) is 0. The average molecular weight is 607 g/mol. The van der Waals surface area contributed by atoms with Crippen molar-refractivity contribution in [1.29, 1.82) is 0 Å². The second-order valence-corrected chi connectivity index (χ2v) is 18.9. The molecular weight excluding hydrogens is 561 g/mol. The van der Waals surface area contributed by atoms with Crippen LogP contribution in [0.5, 0.6) is 0 Å². The van der Waals surface area contributed by atoms with E-state index >= 15 is 0 Å². The lowest BCUT2D eigenvalue weighted by atomic mass is 10.3. The van der Waals surface area contributed by atoms with Crippen LogP contribution in [-0.2, 0) is 13.6 Å². The molecule has 4 rings (SSSR count). The predicted molar refractivity (Wildman–Crippen MR) is 187 cm³/mol. The highest BCUT2D eigenvalue weighted by Gasteiger charge is 2.50. The number of hydrogen-bond donors (Lipinski definition) is 0. The van der Waals surface area contributed by atoms with Crippen molar-refractivity contribution in [3.63, 3.8) is 0 Å². The van der Waals surface area contributed by atoms with Gasteiger partial charge >= 0.3 is 0 Å². The minimum absolute atomic E-state index is 0.590. The van der Waals surface area contributed by atoms with Crippen LogP contribution in [0.25, 0.3) is 0 Å². The maximum Gasteiger partial charge on any atom is 0.278 e. The smallest absolute Gasteiger partial charge is 0.278 e. The SMILES string of the molecule is C=C(C)COCCC[Si](CCCOCC(=C)C)(O[Si](c1ccccc1)(c1ccccc1)c1ccccc1)c1ccccc1. The minimum Gasteiger partial charge on any atom is -0.442 e. The Balaban J connectivity index is 1.87. The van der Waals surface area contributed by atoms with Gasteiger partial charge in [0.2, 0.25) is 8.32 Å². The molecule has 0 heterocycles. The van der Waals surface area contributed by atoms with Gasteiger partial charge < -0.3 is 13.6 Å². The molecule has 0 N–H and O–H groups in total. The van der Waals surface area contributed by atoms with E-state index in [0.29, 0.717) is 26.4 Å². The van der Waals surface area contributed by atoms with Crippen molar-refractivity contribution in [2.75, 3.05) is 26.4 Å². The Morgan fingerprint density at radius 2 is 0.837 bits per heavy atom. The van der Waals surface area contributed by atoms with Crippen LogP contribution in [0.4, 0.5) is 0 Å². The Kier molecular flexibility index (Phi) is 12.5. The van der Waals surface area contributed by atoms with Crippen LogP contribution in [0.3, 0.4) is 0 Å². The molecule has 43 heavy (non-hydrogen) atoms. The normalized spacial score (nSPS) is 11.8. The molecule has 0 amide bonds. The van der Waals surface area contributed by atoms with Crippen molar-refractivity contribution >= 4 is 37.4 Å². The third-order valence-electron chi connectivity index (χ3n) is 7.62. The third-order valence-corrected chi connectivity index (χ3v) is 17.6. The van der Waals surface area contributed by atoms with E-state index in [1.807, 2.05) is 13.8 Å². The van der Waals surface area contributed by atoms with Gasteiger partial charge in [-0.1, -0.05) is 146 Å². The molecule has 0 saturated carbocycles. The Bertz CT molecular complexity index is 1270. The molecule has 0 aliphatic heterocycles. The number of benzene rings is 4. The fourth-order valence-electron chi connectivity index (χ4n) is 5.72. The summed E-state index contributed by atoms with van der Waals surface area (Å²) >= 11 is 0. The van der Waals surface area contributed by atoms with Crippen molar-refractivity contribution in [2.45, 2.75) is 38.8 Å². The fraction of sp³-hybridized carbons (Fsp3) is 0.263.